The number of fused-ring (bicyclic) bond motifs is 1. The number of nitrogens with one attached hydrogen (secondary N) is 3. The Morgan fingerprint density at radius 1 is 1.14 bits per heavy atom. The van der Waals surface area contributed by atoms with E-state index >= 15 is 0 Å². The van der Waals surface area contributed by atoms with Gasteiger partial charge in [-0.25, -0.2) is 4.39 Å². The maximum absolute atomic E-state index is 14.4. The molecule has 1 atom stereocenters. The molecule has 0 saturated carbocycles. The van der Waals surface area contributed by atoms with Crippen LogP contribution in [0.4, 0.5) is 15.8 Å². The zero-order valence-corrected chi connectivity index (χ0v) is 20.1. The Labute approximate surface area is 208 Å². The van der Waals surface area contributed by atoms with Crippen LogP contribution in [0.2, 0.25) is 0 Å². The summed E-state index contributed by atoms with van der Waals surface area (Å²) >= 11 is 0. The summed E-state index contributed by atoms with van der Waals surface area (Å²) in [6.45, 7) is 2.54. The van der Waals surface area contributed by atoms with Crippen LogP contribution in [-0.4, -0.2) is 35.6 Å². The fraction of sp³-hybridized carbons (Fsp3) is 0.214. The Balaban J connectivity index is 1.56. The maximum atomic E-state index is 14.4. The van der Waals surface area contributed by atoms with Crippen LogP contribution in [0, 0.1) is 5.82 Å². The van der Waals surface area contributed by atoms with Gasteiger partial charge in [0.2, 0.25) is 0 Å². The Bertz CT molecular complexity index is 1390. The number of para-hydroxylation sites is 1. The quantitative estimate of drug-likeness (QED) is 0.316. The number of ether oxygens (including phenoxy) is 2. The number of hydrogen-bond donors (Lipinski definition) is 3. The minimum atomic E-state index is -0.499. The van der Waals surface area contributed by atoms with Crippen LogP contribution >= 0.6 is 0 Å². The van der Waals surface area contributed by atoms with Crippen molar-refractivity contribution in [2.45, 2.75) is 25.9 Å². The molecule has 2 aromatic carbocycles. The van der Waals surface area contributed by atoms with E-state index in [1.807, 2.05) is 31.2 Å². The predicted octanol–water partition coefficient (Wildman–Crippen LogP) is 5.26. The van der Waals surface area contributed by atoms with Crippen molar-refractivity contribution < 1.29 is 18.7 Å². The molecule has 3 N–H and O–H groups in total. The molecule has 5 rings (SSSR count). The molecule has 2 aromatic heterocycles. The molecular weight excluding hydrogens is 459 g/mol. The van der Waals surface area contributed by atoms with Crippen LogP contribution in [0.1, 0.15) is 28.5 Å². The molecular formula is C28H27FN4O3. The van der Waals surface area contributed by atoms with Gasteiger partial charge in [-0.3, -0.25) is 9.78 Å². The number of aromatic amines is 1. The van der Waals surface area contributed by atoms with Crippen LogP contribution in [0.25, 0.3) is 11.3 Å². The fourth-order valence-electron chi connectivity index (χ4n) is 4.54. The third-order valence-electron chi connectivity index (χ3n) is 6.14. The minimum Gasteiger partial charge on any atom is -0.492 e. The highest BCUT2D eigenvalue weighted by Crippen LogP contribution is 2.42. The maximum Gasteiger partial charge on any atom is 0.255 e. The first kappa shape index (κ1) is 23.4. The van der Waals surface area contributed by atoms with Gasteiger partial charge in [-0.05, 0) is 30.7 Å². The first-order valence-corrected chi connectivity index (χ1v) is 11.8. The van der Waals surface area contributed by atoms with Gasteiger partial charge in [0.15, 0.2) is 11.6 Å². The van der Waals surface area contributed by atoms with E-state index < -0.39 is 5.82 Å². The number of aromatic nitrogens is 2. The summed E-state index contributed by atoms with van der Waals surface area (Å²) in [6.07, 6.45) is 4.59. The van der Waals surface area contributed by atoms with Crippen LogP contribution in [0.5, 0.6) is 11.5 Å². The number of halogens is 1. The van der Waals surface area contributed by atoms with E-state index in [0.717, 1.165) is 17.7 Å². The molecule has 1 aliphatic heterocycles. The fourth-order valence-corrected chi connectivity index (χ4v) is 4.54. The number of methoxy groups -OCH3 is 1. The van der Waals surface area contributed by atoms with Gasteiger partial charge < -0.3 is 25.1 Å². The summed E-state index contributed by atoms with van der Waals surface area (Å²) in [5.74, 6) is -0.0577. The predicted molar refractivity (Wildman–Crippen MR) is 137 cm³/mol. The molecule has 1 amide bonds. The van der Waals surface area contributed by atoms with Gasteiger partial charge in [0, 0.05) is 36.8 Å². The lowest BCUT2D eigenvalue weighted by Gasteiger charge is -2.19. The number of amides is 1. The number of hydrogen-bond acceptors (Lipinski definition) is 5. The second-order valence-electron chi connectivity index (χ2n) is 8.67. The molecule has 0 spiro atoms. The average molecular weight is 487 g/mol. The third-order valence-corrected chi connectivity index (χ3v) is 6.14. The summed E-state index contributed by atoms with van der Waals surface area (Å²) in [4.78, 5) is 20.6. The molecule has 1 unspecified atom stereocenters. The van der Waals surface area contributed by atoms with Crippen LogP contribution in [0.3, 0.4) is 0 Å². The molecule has 0 aliphatic carbocycles. The van der Waals surface area contributed by atoms with E-state index in [2.05, 4.69) is 32.7 Å². The molecule has 0 fully saturated rings. The van der Waals surface area contributed by atoms with Gasteiger partial charge >= 0.3 is 0 Å². The van der Waals surface area contributed by atoms with Crippen LogP contribution < -0.4 is 20.1 Å². The summed E-state index contributed by atoms with van der Waals surface area (Å²) in [5, 5.41) is 6.15. The molecule has 8 heteroatoms. The normalized spacial score (nSPS) is 13.5. The van der Waals surface area contributed by atoms with Gasteiger partial charge in [-0.15, -0.1) is 0 Å². The Morgan fingerprint density at radius 3 is 2.78 bits per heavy atom. The molecule has 3 heterocycles. The smallest absolute Gasteiger partial charge is 0.255 e. The number of carbonyl (C=O) groups excluding carboxylic acids is 1. The van der Waals surface area contributed by atoms with Gasteiger partial charge in [0.05, 0.1) is 35.9 Å². The van der Waals surface area contributed by atoms with Gasteiger partial charge in [0.25, 0.3) is 5.91 Å². The summed E-state index contributed by atoms with van der Waals surface area (Å²) < 4.78 is 26.1. The Hall–Kier alpha value is -4.33. The van der Waals surface area contributed by atoms with Crippen LogP contribution in [0.15, 0.2) is 67.0 Å². The zero-order valence-electron chi connectivity index (χ0n) is 20.1. The minimum absolute atomic E-state index is 0.0669. The first-order chi connectivity index (χ1) is 17.5. The first-order valence-electron chi connectivity index (χ1n) is 11.8. The lowest BCUT2D eigenvalue weighted by Crippen LogP contribution is -2.31. The van der Waals surface area contributed by atoms with Gasteiger partial charge in [-0.2, -0.15) is 0 Å². The van der Waals surface area contributed by atoms with Crippen molar-refractivity contribution in [2.24, 2.45) is 0 Å². The van der Waals surface area contributed by atoms with E-state index in [0.29, 0.717) is 41.3 Å². The number of benzene rings is 2. The molecule has 184 valence electrons. The highest BCUT2D eigenvalue weighted by molar-refractivity contribution is 6.06. The number of pyridine rings is 1. The SMILES string of the molecule is COc1c(F)cccc1Nc1c(-c2ccncc2OC(C)Cc2ccccc2)[nH]c2c1C(=O)NCC2. The van der Waals surface area contributed by atoms with Crippen molar-refractivity contribution in [3.8, 4) is 22.8 Å². The van der Waals surface area contributed by atoms with E-state index in [9.17, 15) is 9.18 Å². The second kappa shape index (κ2) is 10.1. The summed E-state index contributed by atoms with van der Waals surface area (Å²) in [5.41, 5.74) is 4.79. The number of nitrogens with zero attached hydrogens (tertiary/aromatic N) is 1. The van der Waals surface area contributed by atoms with Gasteiger partial charge in [-0.1, -0.05) is 36.4 Å². The Morgan fingerprint density at radius 2 is 1.97 bits per heavy atom. The molecule has 4 aromatic rings. The molecule has 0 bridgehead atoms. The molecule has 1 aliphatic rings. The lowest BCUT2D eigenvalue weighted by atomic mass is 10.0. The van der Waals surface area contributed by atoms with E-state index in [4.69, 9.17) is 9.47 Å². The largest absolute Gasteiger partial charge is 0.492 e. The lowest BCUT2D eigenvalue weighted by molar-refractivity contribution is 0.0947. The van der Waals surface area contributed by atoms with Crippen molar-refractivity contribution in [1.82, 2.24) is 15.3 Å². The average Bonchev–Trinajstić information content (AvgIpc) is 3.24. The van der Waals surface area contributed by atoms with Crippen molar-refractivity contribution in [3.63, 3.8) is 0 Å². The topological polar surface area (TPSA) is 88.3 Å². The van der Waals surface area contributed by atoms with E-state index in [1.54, 1.807) is 24.5 Å². The standard InChI is InChI=1S/C28H27FN4O3/c1-17(15-18-7-4-3-5-8-18)36-23-16-30-13-11-19(23)25-26(24-21(32-25)12-14-31-28(24)34)33-22-10-6-9-20(29)27(22)35-2/h3-11,13,16-17,32-33H,12,14-15H2,1-2H3,(H,31,34). The van der Waals surface area contributed by atoms with E-state index in [1.165, 1.54) is 18.7 Å². The summed E-state index contributed by atoms with van der Waals surface area (Å²) in [7, 11) is 1.41. The zero-order chi connectivity index (χ0) is 25.1. The summed E-state index contributed by atoms with van der Waals surface area (Å²) in [6, 6.07) is 16.6. The molecule has 0 saturated heterocycles. The highest BCUT2D eigenvalue weighted by atomic mass is 19.1. The molecule has 7 nitrogen and oxygen atoms in total. The number of carbonyl (C=O) groups is 1. The van der Waals surface area contributed by atoms with Crippen LogP contribution in [-0.2, 0) is 12.8 Å². The number of H-pyrrole nitrogens is 1. The third kappa shape index (κ3) is 4.62. The van der Waals surface area contributed by atoms with Crippen molar-refractivity contribution in [3.05, 3.63) is 89.6 Å². The van der Waals surface area contributed by atoms with Gasteiger partial charge in [0.1, 0.15) is 11.9 Å². The van der Waals surface area contributed by atoms with Crippen molar-refractivity contribution >= 4 is 17.3 Å². The number of rotatable bonds is 8. The molecule has 36 heavy (non-hydrogen) atoms. The molecule has 0 radical (unpaired) electrons. The van der Waals surface area contributed by atoms with Crippen molar-refractivity contribution in [2.75, 3.05) is 19.0 Å². The van der Waals surface area contributed by atoms with E-state index in [-0.39, 0.29) is 17.8 Å². The van der Waals surface area contributed by atoms with Crippen molar-refractivity contribution in [1.29, 1.82) is 0 Å². The monoisotopic (exact) mass is 486 g/mol. The number of anilines is 2. The Kier molecular flexibility index (Phi) is 6.58. The highest BCUT2D eigenvalue weighted by Gasteiger charge is 2.29. The second-order valence-corrected chi connectivity index (χ2v) is 8.67.